The van der Waals surface area contributed by atoms with Gasteiger partial charge in [-0.25, -0.2) is 13.1 Å². The lowest BCUT2D eigenvalue weighted by molar-refractivity contribution is -0.138. The minimum absolute atomic E-state index is 0.00891. The molecule has 0 radical (unpaired) electrons. The van der Waals surface area contributed by atoms with Crippen molar-refractivity contribution in [1.82, 2.24) is 9.62 Å². The van der Waals surface area contributed by atoms with Gasteiger partial charge in [-0.15, -0.1) is 0 Å². The molecule has 146 valence electrons. The SMILES string of the molecule is CCCCC1CCC(C(=O)N2CCC(NS(=O)(=O)CCC)CC2)CC1. The normalized spacial score (nSPS) is 25.9. The van der Waals surface area contributed by atoms with E-state index in [0.29, 0.717) is 25.4 Å². The molecule has 2 aliphatic rings. The van der Waals surface area contributed by atoms with Crippen molar-refractivity contribution in [3.05, 3.63) is 0 Å². The maximum Gasteiger partial charge on any atom is 0.225 e. The fourth-order valence-electron chi connectivity index (χ4n) is 4.25. The van der Waals surface area contributed by atoms with Gasteiger partial charge < -0.3 is 4.90 Å². The second-order valence-corrected chi connectivity index (χ2v) is 9.77. The summed E-state index contributed by atoms with van der Waals surface area (Å²) in [5, 5.41) is 0. The summed E-state index contributed by atoms with van der Waals surface area (Å²) in [5.41, 5.74) is 0. The molecule has 0 aromatic carbocycles. The Labute approximate surface area is 154 Å². The van der Waals surface area contributed by atoms with Crippen LogP contribution in [0.3, 0.4) is 0 Å². The second-order valence-electron chi connectivity index (χ2n) is 7.90. The van der Waals surface area contributed by atoms with E-state index in [2.05, 4.69) is 11.6 Å². The van der Waals surface area contributed by atoms with Crippen LogP contribution >= 0.6 is 0 Å². The van der Waals surface area contributed by atoms with Crippen LogP contribution in [0.15, 0.2) is 0 Å². The van der Waals surface area contributed by atoms with E-state index in [9.17, 15) is 13.2 Å². The Morgan fingerprint density at radius 3 is 2.20 bits per heavy atom. The maximum absolute atomic E-state index is 12.8. The lowest BCUT2D eigenvalue weighted by Crippen LogP contribution is -2.48. The number of unbranched alkanes of at least 4 members (excludes halogenated alkanes) is 1. The van der Waals surface area contributed by atoms with Gasteiger partial charge in [-0.1, -0.05) is 33.1 Å². The van der Waals surface area contributed by atoms with E-state index in [1.807, 2.05) is 11.8 Å². The first-order valence-corrected chi connectivity index (χ1v) is 11.9. The minimum Gasteiger partial charge on any atom is -0.342 e. The molecule has 0 spiro atoms. The highest BCUT2D eigenvalue weighted by Gasteiger charge is 2.32. The molecule has 5 nitrogen and oxygen atoms in total. The van der Waals surface area contributed by atoms with E-state index in [-0.39, 0.29) is 17.7 Å². The van der Waals surface area contributed by atoms with E-state index < -0.39 is 10.0 Å². The molecule has 0 atom stereocenters. The van der Waals surface area contributed by atoms with Crippen molar-refractivity contribution in [1.29, 1.82) is 0 Å². The van der Waals surface area contributed by atoms with Crippen molar-refractivity contribution in [3.8, 4) is 0 Å². The quantitative estimate of drug-likeness (QED) is 0.711. The van der Waals surface area contributed by atoms with Crippen LogP contribution in [0.5, 0.6) is 0 Å². The van der Waals surface area contributed by atoms with Gasteiger partial charge in [-0.2, -0.15) is 0 Å². The number of hydrogen-bond donors (Lipinski definition) is 1. The number of hydrogen-bond acceptors (Lipinski definition) is 3. The van der Waals surface area contributed by atoms with Crippen LogP contribution in [-0.4, -0.2) is 44.1 Å². The summed E-state index contributed by atoms with van der Waals surface area (Å²) in [5.74, 6) is 1.52. The summed E-state index contributed by atoms with van der Waals surface area (Å²) in [6.45, 7) is 5.49. The lowest BCUT2D eigenvalue weighted by atomic mass is 9.79. The number of piperidine rings is 1. The minimum atomic E-state index is -3.16. The van der Waals surface area contributed by atoms with Gasteiger partial charge in [0, 0.05) is 25.0 Å². The number of carbonyl (C=O) groups is 1. The molecule has 1 aliphatic carbocycles. The topological polar surface area (TPSA) is 66.5 Å². The van der Waals surface area contributed by atoms with E-state index >= 15 is 0 Å². The van der Waals surface area contributed by atoms with Crippen LogP contribution in [0.2, 0.25) is 0 Å². The van der Waals surface area contributed by atoms with Crippen LogP contribution in [-0.2, 0) is 14.8 Å². The molecule has 0 aromatic heterocycles. The zero-order chi connectivity index (χ0) is 18.3. The average Bonchev–Trinajstić information content (AvgIpc) is 2.60. The molecular weight excluding hydrogens is 336 g/mol. The molecule has 0 bridgehead atoms. The molecule has 1 heterocycles. The van der Waals surface area contributed by atoms with E-state index in [0.717, 1.165) is 31.6 Å². The lowest BCUT2D eigenvalue weighted by Gasteiger charge is -2.36. The average molecular weight is 373 g/mol. The Morgan fingerprint density at radius 1 is 1.00 bits per heavy atom. The van der Waals surface area contributed by atoms with Crippen molar-refractivity contribution in [3.63, 3.8) is 0 Å². The smallest absolute Gasteiger partial charge is 0.225 e. The monoisotopic (exact) mass is 372 g/mol. The van der Waals surface area contributed by atoms with Crippen LogP contribution in [0, 0.1) is 11.8 Å². The molecule has 25 heavy (non-hydrogen) atoms. The summed E-state index contributed by atoms with van der Waals surface area (Å²) in [7, 11) is -3.16. The first-order valence-electron chi connectivity index (χ1n) is 10.2. The molecule has 6 heteroatoms. The highest BCUT2D eigenvalue weighted by Crippen LogP contribution is 2.33. The fraction of sp³-hybridized carbons (Fsp3) is 0.947. The molecule has 2 fully saturated rings. The molecule has 1 saturated heterocycles. The van der Waals surface area contributed by atoms with E-state index in [1.165, 1.54) is 32.1 Å². The van der Waals surface area contributed by atoms with Gasteiger partial charge in [0.25, 0.3) is 0 Å². The van der Waals surface area contributed by atoms with Crippen LogP contribution in [0.4, 0.5) is 0 Å². The molecule has 1 amide bonds. The number of rotatable bonds is 8. The fourth-order valence-corrected chi connectivity index (χ4v) is 5.65. The number of nitrogens with one attached hydrogen (secondary N) is 1. The zero-order valence-electron chi connectivity index (χ0n) is 16.0. The molecule has 2 rings (SSSR count). The summed E-state index contributed by atoms with van der Waals surface area (Å²) < 4.78 is 26.5. The van der Waals surface area contributed by atoms with Gasteiger partial charge in [-0.3, -0.25) is 4.79 Å². The highest BCUT2D eigenvalue weighted by molar-refractivity contribution is 7.89. The first kappa shape index (κ1) is 20.7. The highest BCUT2D eigenvalue weighted by atomic mass is 32.2. The first-order chi connectivity index (χ1) is 11.9. The summed E-state index contributed by atoms with van der Waals surface area (Å²) in [6.07, 6.45) is 10.5. The molecule has 1 saturated carbocycles. The third-order valence-corrected chi connectivity index (χ3v) is 7.43. The second kappa shape index (κ2) is 9.91. The molecule has 1 aliphatic heterocycles. The van der Waals surface area contributed by atoms with Crippen LogP contribution in [0.1, 0.15) is 78.1 Å². The number of sulfonamides is 1. The Hall–Kier alpha value is -0.620. The summed E-state index contributed by atoms with van der Waals surface area (Å²) in [6, 6.07) is -0.00891. The Morgan fingerprint density at radius 2 is 1.64 bits per heavy atom. The third kappa shape index (κ3) is 6.55. The van der Waals surface area contributed by atoms with Gasteiger partial charge in [0.15, 0.2) is 0 Å². The van der Waals surface area contributed by atoms with Gasteiger partial charge >= 0.3 is 0 Å². The Bertz CT molecular complexity index is 505. The summed E-state index contributed by atoms with van der Waals surface area (Å²) >= 11 is 0. The number of nitrogens with zero attached hydrogens (tertiary/aromatic N) is 1. The zero-order valence-corrected chi connectivity index (χ0v) is 16.8. The van der Waals surface area contributed by atoms with E-state index in [4.69, 9.17) is 0 Å². The molecule has 0 aromatic rings. The number of likely N-dealkylation sites (tertiary alicyclic amines) is 1. The third-order valence-electron chi connectivity index (χ3n) is 5.79. The molecule has 0 unspecified atom stereocenters. The maximum atomic E-state index is 12.8. The summed E-state index contributed by atoms with van der Waals surface area (Å²) in [4.78, 5) is 14.7. The van der Waals surface area contributed by atoms with Gasteiger partial charge in [-0.05, 0) is 50.9 Å². The van der Waals surface area contributed by atoms with Crippen molar-refractivity contribution < 1.29 is 13.2 Å². The number of amides is 1. The van der Waals surface area contributed by atoms with Crippen LogP contribution < -0.4 is 4.72 Å². The molecule has 1 N–H and O–H groups in total. The van der Waals surface area contributed by atoms with Crippen molar-refractivity contribution in [2.45, 2.75) is 84.1 Å². The van der Waals surface area contributed by atoms with Gasteiger partial charge in [0.05, 0.1) is 5.75 Å². The van der Waals surface area contributed by atoms with Crippen LogP contribution in [0.25, 0.3) is 0 Å². The molecular formula is C19H36N2O3S. The largest absolute Gasteiger partial charge is 0.342 e. The van der Waals surface area contributed by atoms with Crippen molar-refractivity contribution in [2.24, 2.45) is 11.8 Å². The Kier molecular flexibility index (Phi) is 8.20. The van der Waals surface area contributed by atoms with Gasteiger partial charge in [0.1, 0.15) is 0 Å². The van der Waals surface area contributed by atoms with E-state index in [1.54, 1.807) is 0 Å². The van der Waals surface area contributed by atoms with Crippen molar-refractivity contribution >= 4 is 15.9 Å². The van der Waals surface area contributed by atoms with Gasteiger partial charge in [0.2, 0.25) is 15.9 Å². The van der Waals surface area contributed by atoms with Crippen molar-refractivity contribution in [2.75, 3.05) is 18.8 Å². The number of carbonyl (C=O) groups excluding carboxylic acids is 1. The standard InChI is InChI=1S/C19H36N2O3S/c1-3-5-6-16-7-9-17(10-8-16)19(22)21-13-11-18(12-14-21)20-25(23,24)15-4-2/h16-18,20H,3-15H2,1-2H3. The Balaban J connectivity index is 1.73. The predicted octanol–water partition coefficient (Wildman–Crippen LogP) is 3.30. The predicted molar refractivity (Wildman–Crippen MR) is 102 cm³/mol.